The van der Waals surface area contributed by atoms with Gasteiger partial charge in [-0.3, -0.25) is 0 Å². The lowest BCUT2D eigenvalue weighted by atomic mass is 9.83. The molecule has 0 N–H and O–H groups in total. The summed E-state index contributed by atoms with van der Waals surface area (Å²) in [4.78, 5) is 0. The van der Waals surface area contributed by atoms with Crippen LogP contribution in [0.25, 0.3) is 76.8 Å². The fraction of sp³-hybridized carbons (Fsp3) is 0. The second kappa shape index (κ2) is 7.41. The monoisotopic (exact) mass is 454 g/mol. The van der Waals surface area contributed by atoms with Crippen molar-refractivity contribution in [2.45, 2.75) is 0 Å². The van der Waals surface area contributed by atoms with Crippen molar-refractivity contribution in [3.8, 4) is 44.5 Å². The Balaban J connectivity index is 1.62. The molecule has 0 amide bonds. The van der Waals surface area contributed by atoms with E-state index in [4.69, 9.17) is 0 Å². The Hall–Kier alpha value is -4.68. The molecule has 1 aliphatic carbocycles. The zero-order valence-electron chi connectivity index (χ0n) is 19.7. The molecule has 0 nitrogen and oxygen atoms in total. The molecule has 0 fully saturated rings. The Labute approximate surface area is 210 Å². The van der Waals surface area contributed by atoms with Crippen molar-refractivity contribution in [2.75, 3.05) is 0 Å². The molecule has 166 valence electrons. The average molecular weight is 455 g/mol. The van der Waals surface area contributed by atoms with Crippen LogP contribution in [0.4, 0.5) is 0 Å². The van der Waals surface area contributed by atoms with Crippen LogP contribution in [-0.4, -0.2) is 0 Å². The number of rotatable bonds is 2. The quantitative estimate of drug-likeness (QED) is 0.244. The van der Waals surface area contributed by atoms with E-state index >= 15 is 0 Å². The summed E-state index contributed by atoms with van der Waals surface area (Å²) in [6.07, 6.45) is 0. The maximum absolute atomic E-state index is 2.42. The molecule has 0 radical (unpaired) electrons. The van der Waals surface area contributed by atoms with Crippen molar-refractivity contribution < 1.29 is 0 Å². The Kier molecular flexibility index (Phi) is 4.03. The highest BCUT2D eigenvalue weighted by atomic mass is 14.3. The first-order valence-electron chi connectivity index (χ1n) is 12.5. The van der Waals surface area contributed by atoms with Crippen LogP contribution < -0.4 is 0 Å². The maximum Gasteiger partial charge on any atom is -0.000785 e. The van der Waals surface area contributed by atoms with Gasteiger partial charge in [0.25, 0.3) is 0 Å². The standard InChI is InChI=1S/C36H22/c1-3-15-26-23(10-1)12-7-19-28(26)33-22-25-14-9-21-31-29-17-5-6-18-32(29)36(34(25)31)35(33)30-20-8-13-24-11-2-4-16-27(24)30/h1-22H. The van der Waals surface area contributed by atoms with Gasteiger partial charge in [0, 0.05) is 0 Å². The SMILES string of the molecule is c1ccc2c(c1)-c1cccc3cc(-c4cccc5ccccc45)c(-c4cccc5ccccc45)c-2c13. The molecule has 0 atom stereocenters. The van der Waals surface area contributed by atoms with Crippen LogP contribution in [0.3, 0.4) is 0 Å². The van der Waals surface area contributed by atoms with Gasteiger partial charge in [0.05, 0.1) is 0 Å². The topological polar surface area (TPSA) is 0 Å². The predicted molar refractivity (Wildman–Crippen MR) is 154 cm³/mol. The van der Waals surface area contributed by atoms with Gasteiger partial charge < -0.3 is 0 Å². The van der Waals surface area contributed by atoms with E-state index in [0.29, 0.717) is 0 Å². The summed E-state index contributed by atoms with van der Waals surface area (Å²) >= 11 is 0. The molecule has 0 heterocycles. The van der Waals surface area contributed by atoms with Gasteiger partial charge >= 0.3 is 0 Å². The second-order valence-electron chi connectivity index (χ2n) is 9.68. The van der Waals surface area contributed by atoms with Gasteiger partial charge in [-0.2, -0.15) is 0 Å². The third-order valence-electron chi connectivity index (χ3n) is 7.79. The third kappa shape index (κ3) is 2.64. The molecule has 7 aromatic rings. The van der Waals surface area contributed by atoms with E-state index < -0.39 is 0 Å². The summed E-state index contributed by atoms with van der Waals surface area (Å²) in [5, 5.41) is 7.78. The van der Waals surface area contributed by atoms with Crippen LogP contribution in [-0.2, 0) is 0 Å². The van der Waals surface area contributed by atoms with Gasteiger partial charge in [0.15, 0.2) is 0 Å². The van der Waals surface area contributed by atoms with Crippen LogP contribution in [0.5, 0.6) is 0 Å². The average Bonchev–Trinajstić information content (AvgIpc) is 3.28. The van der Waals surface area contributed by atoms with Crippen molar-refractivity contribution in [1.29, 1.82) is 0 Å². The lowest BCUT2D eigenvalue weighted by molar-refractivity contribution is 1.64. The molecule has 0 spiro atoms. The van der Waals surface area contributed by atoms with Crippen LogP contribution in [0.15, 0.2) is 133 Å². The van der Waals surface area contributed by atoms with E-state index in [1.165, 1.54) is 76.8 Å². The van der Waals surface area contributed by atoms with E-state index in [1.807, 2.05) is 0 Å². The summed E-state index contributed by atoms with van der Waals surface area (Å²) < 4.78 is 0. The normalized spacial score (nSPS) is 11.9. The zero-order chi connectivity index (χ0) is 23.6. The van der Waals surface area contributed by atoms with Crippen molar-refractivity contribution in [1.82, 2.24) is 0 Å². The van der Waals surface area contributed by atoms with Gasteiger partial charge in [-0.25, -0.2) is 0 Å². The molecule has 0 unspecified atom stereocenters. The van der Waals surface area contributed by atoms with E-state index in [-0.39, 0.29) is 0 Å². The Morgan fingerprint density at radius 2 is 0.778 bits per heavy atom. The molecular formula is C36H22. The van der Waals surface area contributed by atoms with Crippen molar-refractivity contribution >= 4 is 32.3 Å². The first kappa shape index (κ1) is 19.6. The molecule has 0 heteroatoms. The smallest absolute Gasteiger partial charge is 0.000785 e. The molecule has 0 aliphatic heterocycles. The van der Waals surface area contributed by atoms with Gasteiger partial charge in [0.2, 0.25) is 0 Å². The minimum Gasteiger partial charge on any atom is -0.0616 e. The molecule has 7 aromatic carbocycles. The largest absolute Gasteiger partial charge is 0.0616 e. The highest BCUT2D eigenvalue weighted by Crippen LogP contribution is 2.55. The Bertz CT molecular complexity index is 1980. The van der Waals surface area contributed by atoms with E-state index in [2.05, 4.69) is 133 Å². The lowest BCUT2D eigenvalue weighted by Crippen LogP contribution is -1.93. The summed E-state index contributed by atoms with van der Waals surface area (Å²) in [6, 6.07) is 49.0. The van der Waals surface area contributed by atoms with Gasteiger partial charge in [-0.15, -0.1) is 0 Å². The summed E-state index contributed by atoms with van der Waals surface area (Å²) in [5.74, 6) is 0. The highest BCUT2D eigenvalue weighted by Gasteiger charge is 2.27. The van der Waals surface area contributed by atoms with Crippen LogP contribution >= 0.6 is 0 Å². The Morgan fingerprint density at radius 1 is 0.278 bits per heavy atom. The summed E-state index contributed by atoms with van der Waals surface area (Å²) in [5.41, 5.74) is 10.5. The minimum absolute atomic E-state index is 1.27. The van der Waals surface area contributed by atoms with Gasteiger partial charge in [-0.05, 0) is 82.9 Å². The molecule has 0 bridgehead atoms. The Morgan fingerprint density at radius 3 is 1.53 bits per heavy atom. The zero-order valence-corrected chi connectivity index (χ0v) is 19.7. The first-order chi connectivity index (χ1) is 17.9. The van der Waals surface area contributed by atoms with Gasteiger partial charge in [0.1, 0.15) is 0 Å². The van der Waals surface area contributed by atoms with E-state index in [0.717, 1.165) is 0 Å². The minimum atomic E-state index is 1.27. The number of hydrogen-bond acceptors (Lipinski definition) is 0. The predicted octanol–water partition coefficient (Wildman–Crippen LogP) is 10.1. The fourth-order valence-corrected chi connectivity index (χ4v) is 6.28. The molecule has 0 saturated heterocycles. The van der Waals surface area contributed by atoms with Crippen LogP contribution in [0, 0.1) is 0 Å². The number of hydrogen-bond donors (Lipinski definition) is 0. The van der Waals surface area contributed by atoms with Gasteiger partial charge in [-0.1, -0.05) is 127 Å². The summed E-state index contributed by atoms with van der Waals surface area (Å²) in [7, 11) is 0. The number of benzene rings is 7. The molecule has 1 aliphatic rings. The lowest BCUT2D eigenvalue weighted by Gasteiger charge is -2.20. The van der Waals surface area contributed by atoms with Crippen molar-refractivity contribution in [3.63, 3.8) is 0 Å². The van der Waals surface area contributed by atoms with E-state index in [1.54, 1.807) is 0 Å². The first-order valence-corrected chi connectivity index (χ1v) is 12.5. The van der Waals surface area contributed by atoms with Crippen LogP contribution in [0.1, 0.15) is 0 Å². The molecule has 0 aromatic heterocycles. The highest BCUT2D eigenvalue weighted by molar-refractivity contribution is 6.24. The molecule has 8 rings (SSSR count). The van der Waals surface area contributed by atoms with Crippen molar-refractivity contribution in [3.05, 3.63) is 133 Å². The maximum atomic E-state index is 2.42. The van der Waals surface area contributed by atoms with Crippen molar-refractivity contribution in [2.24, 2.45) is 0 Å². The third-order valence-corrected chi connectivity index (χ3v) is 7.79. The van der Waals surface area contributed by atoms with E-state index in [9.17, 15) is 0 Å². The molecule has 36 heavy (non-hydrogen) atoms. The fourth-order valence-electron chi connectivity index (χ4n) is 6.28. The second-order valence-corrected chi connectivity index (χ2v) is 9.68. The van der Waals surface area contributed by atoms with Crippen LogP contribution in [0.2, 0.25) is 0 Å². The molecule has 0 saturated carbocycles. The molecular weight excluding hydrogens is 432 g/mol. The summed E-state index contributed by atoms with van der Waals surface area (Å²) in [6.45, 7) is 0. The number of fused-ring (bicyclic) bond motifs is 5.